The molecule has 1 spiro atoms. The van der Waals surface area contributed by atoms with Gasteiger partial charge in [-0.05, 0) is 50.1 Å². The fourth-order valence-electron chi connectivity index (χ4n) is 3.38. The smallest absolute Gasteiger partial charge is 0.0407 e. The Bertz CT molecular complexity index is 395. The van der Waals surface area contributed by atoms with Gasteiger partial charge in [0.05, 0.1) is 0 Å². The molecule has 18 heavy (non-hydrogen) atoms. The summed E-state index contributed by atoms with van der Waals surface area (Å²) in [4.78, 5) is 2.53. The van der Waals surface area contributed by atoms with E-state index in [1.165, 1.54) is 37.8 Å². The van der Waals surface area contributed by atoms with Crippen LogP contribution >= 0.6 is 11.6 Å². The van der Waals surface area contributed by atoms with Gasteiger partial charge in [-0.1, -0.05) is 24.4 Å². The first kappa shape index (κ1) is 12.3. The Labute approximate surface area is 114 Å². The van der Waals surface area contributed by atoms with Crippen molar-refractivity contribution in [3.63, 3.8) is 0 Å². The molecule has 0 aromatic heterocycles. The van der Waals surface area contributed by atoms with Gasteiger partial charge in [0.25, 0.3) is 0 Å². The van der Waals surface area contributed by atoms with E-state index < -0.39 is 0 Å². The van der Waals surface area contributed by atoms with Crippen molar-refractivity contribution in [2.45, 2.75) is 37.6 Å². The number of anilines is 1. The second-order valence-corrected chi connectivity index (χ2v) is 6.10. The maximum Gasteiger partial charge on any atom is 0.0407 e. The summed E-state index contributed by atoms with van der Waals surface area (Å²) in [5, 5.41) is 4.62. The molecule has 0 amide bonds. The highest BCUT2D eigenvalue weighted by atomic mass is 35.5. The maximum atomic E-state index is 5.97. The normalized spacial score (nSPS) is 23.3. The molecule has 0 unspecified atom stereocenters. The average Bonchev–Trinajstić information content (AvgIpc) is 2.72. The largest absolute Gasteiger partial charge is 0.370 e. The van der Waals surface area contributed by atoms with Crippen LogP contribution in [-0.2, 0) is 0 Å². The van der Waals surface area contributed by atoms with Crippen molar-refractivity contribution in [1.82, 2.24) is 5.32 Å². The van der Waals surface area contributed by atoms with Gasteiger partial charge in [-0.25, -0.2) is 0 Å². The van der Waals surface area contributed by atoms with E-state index in [9.17, 15) is 0 Å². The molecule has 0 bridgehead atoms. The lowest BCUT2D eigenvalue weighted by molar-refractivity contribution is 0.354. The second-order valence-electron chi connectivity index (χ2n) is 5.67. The predicted octanol–water partition coefficient (Wildman–Crippen LogP) is 3.45. The Morgan fingerprint density at radius 3 is 2.50 bits per heavy atom. The van der Waals surface area contributed by atoms with E-state index in [-0.39, 0.29) is 0 Å². The molecule has 1 saturated heterocycles. The van der Waals surface area contributed by atoms with E-state index in [0.29, 0.717) is 5.54 Å². The Morgan fingerprint density at radius 1 is 1.06 bits per heavy atom. The van der Waals surface area contributed by atoms with Crippen LogP contribution in [0.1, 0.15) is 32.1 Å². The minimum atomic E-state index is 0.371. The van der Waals surface area contributed by atoms with Crippen molar-refractivity contribution in [3.8, 4) is 0 Å². The molecule has 1 aromatic carbocycles. The van der Waals surface area contributed by atoms with Crippen molar-refractivity contribution < 1.29 is 0 Å². The first-order chi connectivity index (χ1) is 8.77. The minimum absolute atomic E-state index is 0.371. The number of nitrogens with zero attached hydrogens (tertiary/aromatic N) is 1. The van der Waals surface area contributed by atoms with Crippen LogP contribution in [0.3, 0.4) is 0 Å². The molecule has 1 N–H and O–H groups in total. The quantitative estimate of drug-likeness (QED) is 0.836. The third-order valence-corrected chi connectivity index (χ3v) is 4.60. The van der Waals surface area contributed by atoms with Gasteiger partial charge < -0.3 is 10.2 Å². The third-order valence-electron chi connectivity index (χ3n) is 4.35. The van der Waals surface area contributed by atoms with Crippen molar-refractivity contribution >= 4 is 17.3 Å². The average molecular weight is 265 g/mol. The van der Waals surface area contributed by atoms with Crippen molar-refractivity contribution in [2.75, 3.05) is 24.5 Å². The third kappa shape index (κ3) is 2.50. The standard InChI is InChI=1S/C15H21ClN2/c16-13-4-6-14(7-5-13)18-11-3-10-17-15(12-18)8-1-2-9-15/h4-7,17H,1-3,8-12H2. The van der Waals surface area contributed by atoms with Crippen molar-refractivity contribution in [2.24, 2.45) is 0 Å². The Morgan fingerprint density at radius 2 is 1.78 bits per heavy atom. The van der Waals surface area contributed by atoms with E-state index in [2.05, 4.69) is 22.3 Å². The van der Waals surface area contributed by atoms with Gasteiger partial charge in [0.1, 0.15) is 0 Å². The summed E-state index contributed by atoms with van der Waals surface area (Å²) in [6.07, 6.45) is 6.64. The Hall–Kier alpha value is -0.730. The molecular formula is C15H21ClN2. The summed E-state index contributed by atoms with van der Waals surface area (Å²) in [6, 6.07) is 8.29. The minimum Gasteiger partial charge on any atom is -0.370 e. The topological polar surface area (TPSA) is 15.3 Å². The lowest BCUT2D eigenvalue weighted by Crippen LogP contribution is -2.49. The van der Waals surface area contributed by atoms with Gasteiger partial charge in [-0.3, -0.25) is 0 Å². The Kier molecular flexibility index (Phi) is 3.49. The number of benzene rings is 1. The zero-order valence-corrected chi connectivity index (χ0v) is 11.5. The number of hydrogen-bond donors (Lipinski definition) is 1. The molecule has 1 heterocycles. The molecule has 1 aliphatic heterocycles. The van der Waals surface area contributed by atoms with Crippen LogP contribution in [0, 0.1) is 0 Å². The summed E-state index contributed by atoms with van der Waals surface area (Å²) in [5.74, 6) is 0. The number of halogens is 1. The monoisotopic (exact) mass is 264 g/mol. The molecule has 98 valence electrons. The fraction of sp³-hybridized carbons (Fsp3) is 0.600. The number of rotatable bonds is 1. The highest BCUT2D eigenvalue weighted by molar-refractivity contribution is 6.30. The zero-order chi connectivity index (χ0) is 12.4. The first-order valence-electron chi connectivity index (χ1n) is 7.03. The number of nitrogens with one attached hydrogen (secondary N) is 1. The van der Waals surface area contributed by atoms with Gasteiger partial charge in [-0.2, -0.15) is 0 Å². The van der Waals surface area contributed by atoms with E-state index in [1.807, 2.05) is 12.1 Å². The summed E-state index contributed by atoms with van der Waals surface area (Å²) < 4.78 is 0. The van der Waals surface area contributed by atoms with Gasteiger partial charge in [0.15, 0.2) is 0 Å². The SMILES string of the molecule is Clc1ccc(N2CCCNC3(CCCC3)C2)cc1. The molecule has 0 atom stereocenters. The predicted molar refractivity (Wildman–Crippen MR) is 77.5 cm³/mol. The van der Waals surface area contributed by atoms with Crippen LogP contribution in [0.2, 0.25) is 5.02 Å². The van der Waals surface area contributed by atoms with E-state index in [0.717, 1.165) is 24.7 Å². The lowest BCUT2D eigenvalue weighted by Gasteiger charge is -2.34. The first-order valence-corrected chi connectivity index (χ1v) is 7.41. The summed E-state index contributed by atoms with van der Waals surface area (Å²) in [5.41, 5.74) is 1.69. The van der Waals surface area contributed by atoms with Gasteiger partial charge in [0.2, 0.25) is 0 Å². The van der Waals surface area contributed by atoms with Crippen LogP contribution < -0.4 is 10.2 Å². The van der Waals surface area contributed by atoms with Crippen molar-refractivity contribution in [1.29, 1.82) is 0 Å². The zero-order valence-electron chi connectivity index (χ0n) is 10.8. The molecular weight excluding hydrogens is 244 g/mol. The van der Waals surface area contributed by atoms with Crippen LogP contribution in [0.15, 0.2) is 24.3 Å². The molecule has 1 aromatic rings. The van der Waals surface area contributed by atoms with Gasteiger partial charge >= 0.3 is 0 Å². The highest BCUT2D eigenvalue weighted by Crippen LogP contribution is 2.33. The second kappa shape index (κ2) is 5.10. The Balaban J connectivity index is 1.80. The molecule has 2 fully saturated rings. The molecule has 2 nitrogen and oxygen atoms in total. The molecule has 2 aliphatic rings. The molecule has 3 rings (SSSR count). The van der Waals surface area contributed by atoms with Crippen molar-refractivity contribution in [3.05, 3.63) is 29.3 Å². The summed E-state index contributed by atoms with van der Waals surface area (Å²) in [7, 11) is 0. The van der Waals surface area contributed by atoms with Crippen LogP contribution in [0.5, 0.6) is 0 Å². The van der Waals surface area contributed by atoms with Crippen LogP contribution in [-0.4, -0.2) is 25.2 Å². The highest BCUT2D eigenvalue weighted by Gasteiger charge is 2.36. The van der Waals surface area contributed by atoms with E-state index in [4.69, 9.17) is 11.6 Å². The van der Waals surface area contributed by atoms with E-state index >= 15 is 0 Å². The maximum absolute atomic E-state index is 5.97. The molecule has 1 aliphatic carbocycles. The summed E-state index contributed by atoms with van der Waals surface area (Å²) >= 11 is 5.97. The van der Waals surface area contributed by atoms with Crippen LogP contribution in [0.4, 0.5) is 5.69 Å². The molecule has 0 radical (unpaired) electrons. The number of hydrogen-bond acceptors (Lipinski definition) is 2. The summed E-state index contributed by atoms with van der Waals surface area (Å²) in [6.45, 7) is 3.45. The fourth-order valence-corrected chi connectivity index (χ4v) is 3.51. The molecule has 3 heteroatoms. The van der Waals surface area contributed by atoms with E-state index in [1.54, 1.807) is 0 Å². The van der Waals surface area contributed by atoms with Gasteiger partial charge in [0, 0.05) is 29.3 Å². The molecule has 1 saturated carbocycles. The lowest BCUT2D eigenvalue weighted by atomic mass is 9.97. The van der Waals surface area contributed by atoms with Crippen LogP contribution in [0.25, 0.3) is 0 Å². The van der Waals surface area contributed by atoms with Gasteiger partial charge in [-0.15, -0.1) is 0 Å².